The molecule has 0 aliphatic carbocycles. The first-order valence-corrected chi connectivity index (χ1v) is 9.51. The fourth-order valence-electron chi connectivity index (χ4n) is 2.89. The van der Waals surface area contributed by atoms with Crippen molar-refractivity contribution < 1.29 is 0 Å². The third-order valence-corrected chi connectivity index (χ3v) is 5.25. The first kappa shape index (κ1) is 17.3. The van der Waals surface area contributed by atoms with Gasteiger partial charge in [-0.15, -0.1) is 11.3 Å². The second-order valence-electron chi connectivity index (χ2n) is 6.27. The van der Waals surface area contributed by atoms with E-state index in [9.17, 15) is 0 Å². The zero-order valence-electron chi connectivity index (χ0n) is 15.2. The molecule has 0 amide bonds. The summed E-state index contributed by atoms with van der Waals surface area (Å²) in [5.74, 6) is 0.583. The van der Waals surface area contributed by atoms with Crippen molar-refractivity contribution in [1.29, 1.82) is 0 Å². The molecule has 0 atom stereocenters. The molecule has 0 spiro atoms. The fourth-order valence-corrected chi connectivity index (χ4v) is 3.78. The summed E-state index contributed by atoms with van der Waals surface area (Å²) in [4.78, 5) is 18.6. The van der Waals surface area contributed by atoms with E-state index < -0.39 is 0 Å². The first-order chi connectivity index (χ1) is 13.2. The number of rotatable bonds is 5. The lowest BCUT2D eigenvalue weighted by atomic mass is 10.1. The van der Waals surface area contributed by atoms with Crippen molar-refractivity contribution in [3.63, 3.8) is 0 Å². The van der Waals surface area contributed by atoms with E-state index in [-0.39, 0.29) is 0 Å². The Bertz CT molecular complexity index is 1040. The Balaban J connectivity index is 1.49. The topological polar surface area (TPSA) is 63.6 Å². The van der Waals surface area contributed by atoms with Crippen LogP contribution in [0.4, 0.5) is 11.6 Å². The lowest BCUT2D eigenvalue weighted by Gasteiger charge is -2.07. The van der Waals surface area contributed by atoms with Crippen molar-refractivity contribution in [3.05, 3.63) is 82.9 Å². The minimum atomic E-state index is 0.583. The van der Waals surface area contributed by atoms with Crippen LogP contribution in [0.5, 0.6) is 0 Å². The van der Waals surface area contributed by atoms with Crippen LogP contribution in [-0.2, 0) is 6.42 Å². The predicted molar refractivity (Wildman–Crippen MR) is 109 cm³/mol. The lowest BCUT2D eigenvalue weighted by molar-refractivity contribution is 1.15. The van der Waals surface area contributed by atoms with Crippen LogP contribution in [-0.4, -0.2) is 19.9 Å². The highest BCUT2D eigenvalue weighted by Crippen LogP contribution is 2.28. The molecular formula is C21H19N5S. The van der Waals surface area contributed by atoms with E-state index in [1.54, 1.807) is 17.5 Å². The smallest absolute Gasteiger partial charge is 0.227 e. The Morgan fingerprint density at radius 1 is 0.852 bits per heavy atom. The molecule has 3 aromatic heterocycles. The SMILES string of the molecule is Cc1nc(C)c(-c2ccnc(Nc3ccc(Cc4ccncc4)cc3)n2)s1. The number of nitrogens with one attached hydrogen (secondary N) is 1. The van der Waals surface area contributed by atoms with Gasteiger partial charge in [0.2, 0.25) is 5.95 Å². The number of nitrogens with zero attached hydrogens (tertiary/aromatic N) is 4. The summed E-state index contributed by atoms with van der Waals surface area (Å²) in [5, 5.41) is 4.33. The standard InChI is InChI=1S/C21H19N5S/c1-14-20(27-15(2)24-14)19-9-12-23-21(26-19)25-18-5-3-16(4-6-18)13-17-7-10-22-11-8-17/h3-12H,13H2,1-2H3,(H,23,25,26). The number of hydrogen-bond acceptors (Lipinski definition) is 6. The maximum Gasteiger partial charge on any atom is 0.227 e. The summed E-state index contributed by atoms with van der Waals surface area (Å²) in [6.45, 7) is 4.02. The molecule has 1 aromatic carbocycles. The van der Waals surface area contributed by atoms with Crippen molar-refractivity contribution in [2.75, 3.05) is 5.32 Å². The van der Waals surface area contributed by atoms with Gasteiger partial charge in [0.25, 0.3) is 0 Å². The molecule has 0 saturated heterocycles. The molecule has 0 radical (unpaired) electrons. The molecule has 0 aliphatic rings. The Kier molecular flexibility index (Phi) is 4.89. The Morgan fingerprint density at radius 3 is 2.30 bits per heavy atom. The largest absolute Gasteiger partial charge is 0.324 e. The third-order valence-electron chi connectivity index (χ3n) is 4.16. The lowest BCUT2D eigenvalue weighted by Crippen LogP contribution is -1.98. The van der Waals surface area contributed by atoms with E-state index in [1.807, 2.05) is 44.4 Å². The van der Waals surface area contributed by atoms with Gasteiger partial charge in [0.15, 0.2) is 0 Å². The van der Waals surface area contributed by atoms with Gasteiger partial charge in [0, 0.05) is 24.3 Å². The summed E-state index contributed by atoms with van der Waals surface area (Å²) in [5.41, 5.74) is 5.35. The van der Waals surface area contributed by atoms with Crippen molar-refractivity contribution in [2.45, 2.75) is 20.3 Å². The molecule has 4 rings (SSSR count). The zero-order chi connectivity index (χ0) is 18.6. The van der Waals surface area contributed by atoms with Crippen LogP contribution in [0.2, 0.25) is 0 Å². The molecular weight excluding hydrogens is 354 g/mol. The molecule has 6 heteroatoms. The van der Waals surface area contributed by atoms with Gasteiger partial charge in [-0.25, -0.2) is 15.0 Å². The van der Waals surface area contributed by atoms with Gasteiger partial charge in [0.05, 0.1) is 21.3 Å². The predicted octanol–water partition coefficient (Wildman–Crippen LogP) is 4.95. The van der Waals surface area contributed by atoms with Gasteiger partial charge in [-0.3, -0.25) is 4.98 Å². The number of thiazole rings is 1. The fraction of sp³-hybridized carbons (Fsp3) is 0.143. The maximum atomic E-state index is 4.64. The van der Waals surface area contributed by atoms with Crippen molar-refractivity contribution in [2.24, 2.45) is 0 Å². The third kappa shape index (κ3) is 4.17. The van der Waals surface area contributed by atoms with Gasteiger partial charge in [-0.1, -0.05) is 12.1 Å². The van der Waals surface area contributed by atoms with Crippen molar-refractivity contribution in [1.82, 2.24) is 19.9 Å². The van der Waals surface area contributed by atoms with E-state index >= 15 is 0 Å². The van der Waals surface area contributed by atoms with E-state index in [4.69, 9.17) is 0 Å². The first-order valence-electron chi connectivity index (χ1n) is 8.70. The molecule has 0 bridgehead atoms. The number of anilines is 2. The van der Waals surface area contributed by atoms with Crippen LogP contribution in [0, 0.1) is 13.8 Å². The summed E-state index contributed by atoms with van der Waals surface area (Å²) in [6.07, 6.45) is 6.31. The summed E-state index contributed by atoms with van der Waals surface area (Å²) in [7, 11) is 0. The van der Waals surface area contributed by atoms with E-state index in [0.29, 0.717) is 5.95 Å². The second-order valence-corrected chi connectivity index (χ2v) is 7.47. The molecule has 3 heterocycles. The van der Waals surface area contributed by atoms with Crippen LogP contribution in [0.1, 0.15) is 21.8 Å². The molecule has 27 heavy (non-hydrogen) atoms. The van der Waals surface area contributed by atoms with E-state index in [0.717, 1.165) is 33.4 Å². The van der Waals surface area contributed by atoms with E-state index in [1.165, 1.54) is 11.1 Å². The summed E-state index contributed by atoms with van der Waals surface area (Å²) >= 11 is 1.65. The molecule has 4 aromatic rings. The summed E-state index contributed by atoms with van der Waals surface area (Å²) < 4.78 is 0. The van der Waals surface area contributed by atoms with Crippen LogP contribution in [0.15, 0.2) is 61.1 Å². The van der Waals surface area contributed by atoms with Gasteiger partial charge < -0.3 is 5.32 Å². The Hall–Kier alpha value is -3.12. The molecule has 0 aliphatic heterocycles. The highest BCUT2D eigenvalue weighted by Gasteiger charge is 2.10. The highest BCUT2D eigenvalue weighted by atomic mass is 32.1. The monoisotopic (exact) mass is 373 g/mol. The van der Waals surface area contributed by atoms with Crippen molar-refractivity contribution in [3.8, 4) is 10.6 Å². The number of aromatic nitrogens is 4. The van der Waals surface area contributed by atoms with Gasteiger partial charge in [-0.05, 0) is 61.7 Å². The molecule has 0 saturated carbocycles. The quantitative estimate of drug-likeness (QED) is 0.536. The normalized spacial score (nSPS) is 10.7. The molecule has 5 nitrogen and oxygen atoms in total. The van der Waals surface area contributed by atoms with Crippen LogP contribution >= 0.6 is 11.3 Å². The average molecular weight is 373 g/mol. The number of pyridine rings is 1. The molecule has 0 fully saturated rings. The Labute approximate surface area is 162 Å². The Morgan fingerprint density at radius 2 is 1.59 bits per heavy atom. The van der Waals surface area contributed by atoms with Crippen LogP contribution in [0.3, 0.4) is 0 Å². The number of aryl methyl sites for hydroxylation is 2. The van der Waals surface area contributed by atoms with E-state index in [2.05, 4.69) is 49.5 Å². The van der Waals surface area contributed by atoms with Crippen LogP contribution in [0.25, 0.3) is 10.6 Å². The summed E-state index contributed by atoms with van der Waals surface area (Å²) in [6, 6.07) is 14.3. The number of benzene rings is 1. The van der Waals surface area contributed by atoms with Crippen LogP contribution < -0.4 is 5.32 Å². The van der Waals surface area contributed by atoms with Crippen molar-refractivity contribution >= 4 is 23.0 Å². The number of hydrogen-bond donors (Lipinski definition) is 1. The van der Waals surface area contributed by atoms with Gasteiger partial charge in [0.1, 0.15) is 0 Å². The zero-order valence-corrected chi connectivity index (χ0v) is 16.0. The molecule has 0 unspecified atom stereocenters. The highest BCUT2D eigenvalue weighted by molar-refractivity contribution is 7.15. The maximum absolute atomic E-state index is 4.64. The second kappa shape index (κ2) is 7.63. The minimum Gasteiger partial charge on any atom is -0.324 e. The average Bonchev–Trinajstić information content (AvgIpc) is 3.03. The molecule has 1 N–H and O–H groups in total. The minimum absolute atomic E-state index is 0.583. The van der Waals surface area contributed by atoms with Gasteiger partial charge >= 0.3 is 0 Å². The molecule has 134 valence electrons. The van der Waals surface area contributed by atoms with Gasteiger partial charge in [-0.2, -0.15) is 0 Å².